The third-order valence-corrected chi connectivity index (χ3v) is 3.40. The Morgan fingerprint density at radius 2 is 1.73 bits per heavy atom. The second kappa shape index (κ2) is 6.22. The minimum Gasteiger partial charge on any atom is -0.287 e. The van der Waals surface area contributed by atoms with Gasteiger partial charge >= 0.3 is 0 Å². The predicted molar refractivity (Wildman–Crippen MR) is 88.3 cm³/mol. The molecule has 3 heteroatoms. The average molecular weight is 288 g/mol. The summed E-state index contributed by atoms with van der Waals surface area (Å²) in [5, 5.41) is 4.20. The van der Waals surface area contributed by atoms with Gasteiger partial charge in [-0.25, -0.2) is 4.68 Å². The number of benzene rings is 2. The van der Waals surface area contributed by atoms with E-state index in [1.165, 1.54) is 0 Å². The summed E-state index contributed by atoms with van der Waals surface area (Å²) in [5.74, 6) is -0.0486. The zero-order chi connectivity index (χ0) is 15.4. The summed E-state index contributed by atoms with van der Waals surface area (Å²) in [4.78, 5) is 12.8. The second-order valence-electron chi connectivity index (χ2n) is 5.09. The molecule has 22 heavy (non-hydrogen) atoms. The van der Waals surface area contributed by atoms with Crippen molar-refractivity contribution in [2.45, 2.75) is 6.92 Å². The number of aryl methyl sites for hydroxylation is 1. The molecule has 0 aliphatic rings. The Bertz CT molecular complexity index is 785. The van der Waals surface area contributed by atoms with Gasteiger partial charge in [0.25, 0.3) is 0 Å². The molecule has 0 saturated carbocycles. The Balaban J connectivity index is 2.04. The standard InChI is InChI=1S/C19H16N2O/c1-15-8-10-17(11-9-15)19(22)18(21-13-5-12-20-21)14-16-6-3-2-4-7-16/h2-14H,1H3/b18-14-. The Morgan fingerprint density at radius 3 is 2.36 bits per heavy atom. The third-order valence-electron chi connectivity index (χ3n) is 3.40. The van der Waals surface area contributed by atoms with Crippen LogP contribution in [0, 0.1) is 6.92 Å². The summed E-state index contributed by atoms with van der Waals surface area (Å²) < 4.78 is 1.61. The smallest absolute Gasteiger partial charge is 0.211 e. The van der Waals surface area contributed by atoms with Crippen LogP contribution in [0.2, 0.25) is 0 Å². The fraction of sp³-hybridized carbons (Fsp3) is 0.0526. The van der Waals surface area contributed by atoms with Crippen molar-refractivity contribution in [2.75, 3.05) is 0 Å². The molecule has 108 valence electrons. The van der Waals surface area contributed by atoms with E-state index in [1.54, 1.807) is 23.1 Å². The fourth-order valence-corrected chi connectivity index (χ4v) is 2.21. The molecule has 0 aliphatic carbocycles. The molecule has 1 aromatic heterocycles. The van der Waals surface area contributed by atoms with Crippen LogP contribution in [0.25, 0.3) is 11.8 Å². The lowest BCUT2D eigenvalue weighted by Crippen LogP contribution is -2.10. The van der Waals surface area contributed by atoms with Gasteiger partial charge in [-0.15, -0.1) is 0 Å². The van der Waals surface area contributed by atoms with Crippen molar-refractivity contribution in [3.05, 3.63) is 89.7 Å². The molecule has 3 aromatic rings. The molecular formula is C19H16N2O. The van der Waals surface area contributed by atoms with Crippen molar-refractivity contribution in [3.8, 4) is 0 Å². The highest BCUT2D eigenvalue weighted by molar-refractivity contribution is 6.27. The summed E-state index contributed by atoms with van der Waals surface area (Å²) in [7, 11) is 0. The Labute approximate surface area is 129 Å². The average Bonchev–Trinajstić information content (AvgIpc) is 3.08. The fourth-order valence-electron chi connectivity index (χ4n) is 2.21. The number of aromatic nitrogens is 2. The molecule has 0 atom stereocenters. The topological polar surface area (TPSA) is 34.9 Å². The Morgan fingerprint density at radius 1 is 1.00 bits per heavy atom. The van der Waals surface area contributed by atoms with Crippen molar-refractivity contribution in [1.29, 1.82) is 0 Å². The maximum absolute atomic E-state index is 12.8. The molecule has 1 heterocycles. The van der Waals surface area contributed by atoms with Crippen LogP contribution in [0.1, 0.15) is 21.5 Å². The number of nitrogens with zero attached hydrogens (tertiary/aromatic N) is 2. The van der Waals surface area contributed by atoms with E-state index in [0.29, 0.717) is 11.3 Å². The number of hydrogen-bond donors (Lipinski definition) is 0. The van der Waals surface area contributed by atoms with Gasteiger partial charge in [0.15, 0.2) is 0 Å². The van der Waals surface area contributed by atoms with E-state index in [-0.39, 0.29) is 5.78 Å². The van der Waals surface area contributed by atoms with E-state index < -0.39 is 0 Å². The highest BCUT2D eigenvalue weighted by Crippen LogP contribution is 2.17. The van der Waals surface area contributed by atoms with Crippen molar-refractivity contribution < 1.29 is 4.79 Å². The van der Waals surface area contributed by atoms with E-state index in [0.717, 1.165) is 11.1 Å². The van der Waals surface area contributed by atoms with Gasteiger partial charge in [0, 0.05) is 18.0 Å². The van der Waals surface area contributed by atoms with Gasteiger partial charge in [-0.1, -0.05) is 60.2 Å². The van der Waals surface area contributed by atoms with Crippen LogP contribution in [0.4, 0.5) is 0 Å². The van der Waals surface area contributed by atoms with Crippen molar-refractivity contribution >= 4 is 17.6 Å². The van der Waals surface area contributed by atoms with Gasteiger partial charge in [-0.05, 0) is 24.6 Å². The van der Waals surface area contributed by atoms with Gasteiger partial charge in [0.2, 0.25) is 5.78 Å². The van der Waals surface area contributed by atoms with E-state index in [4.69, 9.17) is 0 Å². The first-order chi connectivity index (χ1) is 10.7. The summed E-state index contributed by atoms with van der Waals surface area (Å²) in [6.07, 6.45) is 5.30. The quantitative estimate of drug-likeness (QED) is 0.536. The second-order valence-corrected chi connectivity index (χ2v) is 5.09. The van der Waals surface area contributed by atoms with Crippen LogP contribution in [0.3, 0.4) is 0 Å². The van der Waals surface area contributed by atoms with Crippen molar-refractivity contribution in [3.63, 3.8) is 0 Å². The molecule has 3 rings (SSSR count). The number of carbonyl (C=O) groups excluding carboxylic acids is 1. The summed E-state index contributed by atoms with van der Waals surface area (Å²) >= 11 is 0. The molecule has 0 unspecified atom stereocenters. The molecule has 0 N–H and O–H groups in total. The van der Waals surface area contributed by atoms with Crippen LogP contribution in [-0.2, 0) is 0 Å². The number of hydrogen-bond acceptors (Lipinski definition) is 2. The normalized spacial score (nSPS) is 11.4. The first-order valence-corrected chi connectivity index (χ1v) is 7.12. The molecule has 0 aliphatic heterocycles. The lowest BCUT2D eigenvalue weighted by molar-refractivity contribution is 0.105. The highest BCUT2D eigenvalue weighted by Gasteiger charge is 2.14. The monoisotopic (exact) mass is 288 g/mol. The minimum absolute atomic E-state index is 0.0486. The number of rotatable bonds is 4. The van der Waals surface area contributed by atoms with E-state index in [2.05, 4.69) is 5.10 Å². The first-order valence-electron chi connectivity index (χ1n) is 7.12. The molecule has 0 saturated heterocycles. The van der Waals surface area contributed by atoms with Crippen LogP contribution in [0.5, 0.6) is 0 Å². The Hall–Kier alpha value is -2.94. The molecule has 2 aromatic carbocycles. The number of allylic oxidation sites excluding steroid dienone is 1. The van der Waals surface area contributed by atoms with Crippen LogP contribution < -0.4 is 0 Å². The zero-order valence-electron chi connectivity index (χ0n) is 12.3. The molecule has 0 amide bonds. The van der Waals surface area contributed by atoms with Crippen LogP contribution in [0.15, 0.2) is 73.1 Å². The van der Waals surface area contributed by atoms with Gasteiger partial charge in [0.1, 0.15) is 5.70 Å². The van der Waals surface area contributed by atoms with Gasteiger partial charge in [-0.3, -0.25) is 4.79 Å². The molecule has 3 nitrogen and oxygen atoms in total. The number of Topliss-reactive ketones (excluding diaryl/α,β-unsaturated/α-hetero) is 1. The van der Waals surface area contributed by atoms with Gasteiger partial charge < -0.3 is 0 Å². The number of ketones is 1. The zero-order valence-corrected chi connectivity index (χ0v) is 12.3. The van der Waals surface area contributed by atoms with Gasteiger partial charge in [-0.2, -0.15) is 5.10 Å². The summed E-state index contributed by atoms with van der Waals surface area (Å²) in [6, 6.07) is 19.2. The molecule has 0 radical (unpaired) electrons. The maximum atomic E-state index is 12.8. The molecule has 0 bridgehead atoms. The lowest BCUT2D eigenvalue weighted by Gasteiger charge is -2.08. The molecular weight excluding hydrogens is 272 g/mol. The largest absolute Gasteiger partial charge is 0.287 e. The third kappa shape index (κ3) is 3.04. The van der Waals surface area contributed by atoms with Crippen molar-refractivity contribution in [2.24, 2.45) is 0 Å². The van der Waals surface area contributed by atoms with E-state index >= 15 is 0 Å². The van der Waals surface area contributed by atoms with Crippen molar-refractivity contribution in [1.82, 2.24) is 9.78 Å². The predicted octanol–water partition coefficient (Wildman–Crippen LogP) is 4.07. The molecule has 0 spiro atoms. The van der Waals surface area contributed by atoms with Crippen LogP contribution >= 0.6 is 0 Å². The van der Waals surface area contributed by atoms with Gasteiger partial charge in [0.05, 0.1) is 0 Å². The SMILES string of the molecule is Cc1ccc(C(=O)/C(=C/c2ccccc2)n2cccn2)cc1. The van der Waals surface area contributed by atoms with Crippen LogP contribution in [-0.4, -0.2) is 15.6 Å². The number of carbonyl (C=O) groups is 1. The van der Waals surface area contributed by atoms with E-state index in [1.807, 2.05) is 67.6 Å². The Kier molecular flexibility index (Phi) is 3.97. The summed E-state index contributed by atoms with van der Waals surface area (Å²) in [6.45, 7) is 2.00. The first kappa shape index (κ1) is 14.0. The minimum atomic E-state index is -0.0486. The lowest BCUT2D eigenvalue weighted by atomic mass is 10.0. The molecule has 0 fully saturated rings. The summed E-state index contributed by atoms with van der Waals surface area (Å²) in [5.41, 5.74) is 3.28. The van der Waals surface area contributed by atoms with E-state index in [9.17, 15) is 4.79 Å². The maximum Gasteiger partial charge on any atom is 0.211 e. The highest BCUT2D eigenvalue weighted by atomic mass is 16.1.